The lowest BCUT2D eigenvalue weighted by atomic mass is 9.83. The van der Waals surface area contributed by atoms with E-state index in [2.05, 4.69) is 53.3 Å². The van der Waals surface area contributed by atoms with Gasteiger partial charge in [0.2, 0.25) is 0 Å². The predicted molar refractivity (Wildman–Crippen MR) is 116 cm³/mol. The molecule has 26 heavy (non-hydrogen) atoms. The molecule has 0 saturated heterocycles. The van der Waals surface area contributed by atoms with E-state index >= 15 is 0 Å². The zero-order valence-corrected chi connectivity index (χ0v) is 17.5. The molecule has 0 aliphatic carbocycles. The van der Waals surface area contributed by atoms with Crippen molar-refractivity contribution in [1.82, 2.24) is 0 Å². The highest BCUT2D eigenvalue weighted by Crippen LogP contribution is 2.42. The van der Waals surface area contributed by atoms with Crippen LogP contribution in [0.3, 0.4) is 0 Å². The Morgan fingerprint density at radius 3 is 2.08 bits per heavy atom. The molecule has 2 rings (SSSR count). The fourth-order valence-electron chi connectivity index (χ4n) is 4.28. The summed E-state index contributed by atoms with van der Waals surface area (Å²) < 4.78 is 0. The lowest BCUT2D eigenvalue weighted by Gasteiger charge is -2.22. The summed E-state index contributed by atoms with van der Waals surface area (Å²) >= 11 is 0. The number of phenols is 1. The highest BCUT2D eigenvalue weighted by Gasteiger charge is 2.21. The summed E-state index contributed by atoms with van der Waals surface area (Å²) in [4.78, 5) is 0. The SMILES string of the molecule is C=C(CCC)c1c(CCC)c(C)c(O)c2c(CCC)c(CCC)ccc12. The Morgan fingerprint density at radius 2 is 1.50 bits per heavy atom. The minimum atomic E-state index is 0.498. The Kier molecular flexibility index (Phi) is 7.32. The van der Waals surface area contributed by atoms with Crippen LogP contribution < -0.4 is 0 Å². The Hall–Kier alpha value is -1.76. The normalized spacial score (nSPS) is 11.3. The van der Waals surface area contributed by atoms with Crippen molar-refractivity contribution < 1.29 is 5.11 Å². The van der Waals surface area contributed by atoms with E-state index in [1.807, 2.05) is 0 Å². The molecule has 2 aromatic carbocycles. The summed E-state index contributed by atoms with van der Waals surface area (Å²) in [5.74, 6) is 0.498. The summed E-state index contributed by atoms with van der Waals surface area (Å²) in [7, 11) is 0. The molecular weight excluding hydrogens is 316 g/mol. The maximum atomic E-state index is 11.2. The summed E-state index contributed by atoms with van der Waals surface area (Å²) in [6, 6.07) is 4.54. The Bertz CT molecular complexity index is 783. The third kappa shape index (κ3) is 3.82. The van der Waals surface area contributed by atoms with Gasteiger partial charge in [-0.2, -0.15) is 0 Å². The van der Waals surface area contributed by atoms with Crippen LogP contribution in [0.4, 0.5) is 0 Å². The van der Waals surface area contributed by atoms with Crippen LogP contribution in [0.2, 0.25) is 0 Å². The molecule has 0 aliphatic rings. The van der Waals surface area contributed by atoms with Crippen LogP contribution in [0, 0.1) is 6.92 Å². The molecule has 142 valence electrons. The maximum Gasteiger partial charge on any atom is 0.126 e. The molecule has 0 saturated carbocycles. The summed E-state index contributed by atoms with van der Waals surface area (Å²) in [5.41, 5.74) is 7.61. The molecule has 1 N–H and O–H groups in total. The highest BCUT2D eigenvalue weighted by atomic mass is 16.3. The van der Waals surface area contributed by atoms with Crippen LogP contribution in [0.5, 0.6) is 5.75 Å². The number of rotatable bonds is 9. The molecule has 1 heteroatoms. The van der Waals surface area contributed by atoms with E-state index in [-0.39, 0.29) is 0 Å². The van der Waals surface area contributed by atoms with Crippen molar-refractivity contribution in [3.63, 3.8) is 0 Å². The third-order valence-corrected chi connectivity index (χ3v) is 5.45. The average Bonchev–Trinajstić information content (AvgIpc) is 2.62. The molecule has 0 amide bonds. The first-order valence-corrected chi connectivity index (χ1v) is 10.5. The van der Waals surface area contributed by atoms with Crippen molar-refractivity contribution in [2.75, 3.05) is 0 Å². The van der Waals surface area contributed by atoms with Gasteiger partial charge >= 0.3 is 0 Å². The zero-order chi connectivity index (χ0) is 19.3. The van der Waals surface area contributed by atoms with Gasteiger partial charge < -0.3 is 5.11 Å². The molecular formula is C25H36O. The van der Waals surface area contributed by atoms with Gasteiger partial charge in [0, 0.05) is 5.39 Å². The minimum Gasteiger partial charge on any atom is -0.507 e. The molecule has 0 aromatic heterocycles. The van der Waals surface area contributed by atoms with Crippen molar-refractivity contribution in [2.45, 2.75) is 86.0 Å². The van der Waals surface area contributed by atoms with Crippen molar-refractivity contribution in [3.05, 3.63) is 46.5 Å². The molecule has 2 aromatic rings. The standard InChI is InChI=1S/C25H36O/c1-7-11-17(5)23-20(13-9-3)18(6)25(26)24-21(14-10-4)19(12-8-2)15-16-22(23)24/h15-16,26H,5,7-14H2,1-4,6H3. The Labute approximate surface area is 160 Å². The molecule has 0 fully saturated rings. The van der Waals surface area contributed by atoms with Crippen LogP contribution in [0.1, 0.15) is 87.6 Å². The van der Waals surface area contributed by atoms with Gasteiger partial charge in [-0.15, -0.1) is 0 Å². The number of phenolic OH excluding ortho intramolecular Hbond substituents is 1. The molecule has 0 spiro atoms. The van der Waals surface area contributed by atoms with E-state index in [1.165, 1.54) is 33.2 Å². The largest absolute Gasteiger partial charge is 0.507 e. The van der Waals surface area contributed by atoms with Crippen LogP contribution in [-0.4, -0.2) is 5.11 Å². The fourth-order valence-corrected chi connectivity index (χ4v) is 4.28. The van der Waals surface area contributed by atoms with Crippen LogP contribution >= 0.6 is 0 Å². The number of hydrogen-bond acceptors (Lipinski definition) is 1. The molecule has 0 bridgehead atoms. The van der Waals surface area contributed by atoms with Crippen LogP contribution in [-0.2, 0) is 19.3 Å². The predicted octanol–water partition coefficient (Wildman–Crippen LogP) is 7.52. The van der Waals surface area contributed by atoms with E-state index in [4.69, 9.17) is 0 Å². The van der Waals surface area contributed by atoms with E-state index in [0.29, 0.717) is 5.75 Å². The van der Waals surface area contributed by atoms with Crippen LogP contribution in [0.25, 0.3) is 16.3 Å². The molecule has 1 nitrogen and oxygen atoms in total. The lowest BCUT2D eigenvalue weighted by Crippen LogP contribution is -2.03. The topological polar surface area (TPSA) is 20.2 Å². The summed E-state index contributed by atoms with van der Waals surface area (Å²) in [6.07, 6.45) is 8.50. The second kappa shape index (κ2) is 9.26. The van der Waals surface area contributed by atoms with E-state index in [9.17, 15) is 5.11 Å². The van der Waals surface area contributed by atoms with Gasteiger partial charge in [0.25, 0.3) is 0 Å². The Balaban J connectivity index is 2.93. The number of fused-ring (bicyclic) bond motifs is 1. The second-order valence-corrected chi connectivity index (χ2v) is 7.56. The minimum absolute atomic E-state index is 0.498. The van der Waals surface area contributed by atoms with Gasteiger partial charge in [-0.3, -0.25) is 0 Å². The van der Waals surface area contributed by atoms with E-state index in [0.717, 1.165) is 62.3 Å². The monoisotopic (exact) mass is 352 g/mol. The number of allylic oxidation sites excluding steroid dienone is 1. The van der Waals surface area contributed by atoms with Gasteiger partial charge in [-0.05, 0) is 71.4 Å². The first-order chi connectivity index (χ1) is 12.5. The first-order valence-electron chi connectivity index (χ1n) is 10.5. The van der Waals surface area contributed by atoms with Gasteiger partial charge in [0.15, 0.2) is 0 Å². The van der Waals surface area contributed by atoms with Crippen molar-refractivity contribution in [2.24, 2.45) is 0 Å². The average molecular weight is 353 g/mol. The van der Waals surface area contributed by atoms with E-state index < -0.39 is 0 Å². The fraction of sp³-hybridized carbons (Fsp3) is 0.520. The quantitative estimate of drug-likeness (QED) is 0.494. The molecule has 0 heterocycles. The summed E-state index contributed by atoms with van der Waals surface area (Å²) in [5, 5.41) is 13.5. The number of aryl methyl sites for hydroxylation is 2. The second-order valence-electron chi connectivity index (χ2n) is 7.56. The van der Waals surface area contributed by atoms with Crippen molar-refractivity contribution in [3.8, 4) is 5.75 Å². The number of benzene rings is 2. The molecule has 0 radical (unpaired) electrons. The Morgan fingerprint density at radius 1 is 0.885 bits per heavy atom. The smallest absolute Gasteiger partial charge is 0.126 e. The first kappa shape index (κ1) is 20.6. The molecule has 0 atom stereocenters. The van der Waals surface area contributed by atoms with Gasteiger partial charge in [-0.25, -0.2) is 0 Å². The molecule has 0 unspecified atom stereocenters. The van der Waals surface area contributed by atoms with Gasteiger partial charge in [-0.1, -0.05) is 72.1 Å². The van der Waals surface area contributed by atoms with E-state index in [1.54, 1.807) is 0 Å². The van der Waals surface area contributed by atoms with Crippen molar-refractivity contribution in [1.29, 1.82) is 0 Å². The third-order valence-electron chi connectivity index (χ3n) is 5.45. The number of hydrogen-bond donors (Lipinski definition) is 1. The van der Waals surface area contributed by atoms with Gasteiger partial charge in [0.1, 0.15) is 5.75 Å². The lowest BCUT2D eigenvalue weighted by molar-refractivity contribution is 0.476. The maximum absolute atomic E-state index is 11.2. The molecule has 0 aliphatic heterocycles. The zero-order valence-electron chi connectivity index (χ0n) is 17.5. The van der Waals surface area contributed by atoms with Gasteiger partial charge in [0.05, 0.1) is 0 Å². The number of aromatic hydroxyl groups is 1. The van der Waals surface area contributed by atoms with Crippen LogP contribution in [0.15, 0.2) is 18.7 Å². The van der Waals surface area contributed by atoms with Crippen molar-refractivity contribution >= 4 is 16.3 Å². The summed E-state index contributed by atoms with van der Waals surface area (Å²) in [6.45, 7) is 15.4. The highest BCUT2D eigenvalue weighted by molar-refractivity contribution is 6.02.